The maximum Gasteiger partial charge on any atom is 0.241 e. The largest absolute Gasteiger partial charge is 0.475 e. The third kappa shape index (κ3) is 5.23. The highest BCUT2D eigenvalue weighted by Crippen LogP contribution is 2.12. The second kappa shape index (κ2) is 7.70. The van der Waals surface area contributed by atoms with E-state index in [0.29, 0.717) is 24.8 Å². The smallest absolute Gasteiger partial charge is 0.241 e. The molecule has 0 saturated carbocycles. The predicted octanol–water partition coefficient (Wildman–Crippen LogP) is 1.03. The minimum atomic E-state index is -0.530. The van der Waals surface area contributed by atoms with E-state index in [9.17, 15) is 4.79 Å². The van der Waals surface area contributed by atoms with Crippen LogP contribution in [0.1, 0.15) is 13.8 Å². The van der Waals surface area contributed by atoms with Crippen LogP contribution in [0, 0.1) is 5.92 Å². The van der Waals surface area contributed by atoms with Crippen LogP contribution >= 0.6 is 0 Å². The van der Waals surface area contributed by atoms with E-state index in [1.54, 1.807) is 19.2 Å². The van der Waals surface area contributed by atoms with Crippen LogP contribution in [0.2, 0.25) is 0 Å². The Kier molecular flexibility index (Phi) is 6.24. The molecule has 0 spiro atoms. The summed E-state index contributed by atoms with van der Waals surface area (Å²) in [6.45, 7) is 4.74. The number of amides is 1. The molecule has 1 aromatic heterocycles. The zero-order valence-electron chi connectivity index (χ0n) is 11.6. The predicted molar refractivity (Wildman–Crippen MR) is 73.1 cm³/mol. The van der Waals surface area contributed by atoms with Gasteiger partial charge in [0.15, 0.2) is 0 Å². The normalized spacial score (nSPS) is 12.3. The number of carbonyl (C=O) groups is 1. The van der Waals surface area contributed by atoms with Crippen molar-refractivity contribution in [1.29, 1.82) is 0 Å². The average Bonchev–Trinajstić information content (AvgIpc) is 2.40. The van der Waals surface area contributed by atoms with Crippen molar-refractivity contribution >= 4 is 11.6 Å². The molecular weight excluding hydrogens is 246 g/mol. The number of methoxy groups -OCH3 is 1. The monoisotopic (exact) mass is 267 g/mol. The number of anilines is 1. The number of nitrogens with one attached hydrogen (secondary N) is 1. The summed E-state index contributed by atoms with van der Waals surface area (Å²) in [5.41, 5.74) is 6.35. The second-order valence-electron chi connectivity index (χ2n) is 4.49. The van der Waals surface area contributed by atoms with Gasteiger partial charge in [-0.25, -0.2) is 4.98 Å². The Morgan fingerprint density at radius 3 is 2.68 bits per heavy atom. The minimum Gasteiger partial charge on any atom is -0.475 e. The number of hydrogen-bond donors (Lipinski definition) is 2. The summed E-state index contributed by atoms with van der Waals surface area (Å²) in [7, 11) is 1.60. The van der Waals surface area contributed by atoms with Crippen molar-refractivity contribution in [1.82, 2.24) is 4.98 Å². The van der Waals surface area contributed by atoms with Crippen LogP contribution in [0.15, 0.2) is 18.3 Å². The van der Waals surface area contributed by atoms with E-state index in [0.717, 1.165) is 0 Å². The fourth-order valence-electron chi connectivity index (χ4n) is 1.30. The summed E-state index contributed by atoms with van der Waals surface area (Å²) < 4.78 is 10.2. The maximum atomic E-state index is 11.7. The molecule has 106 valence electrons. The van der Waals surface area contributed by atoms with Crippen LogP contribution in [0.25, 0.3) is 0 Å². The van der Waals surface area contributed by atoms with Crippen molar-refractivity contribution in [3.63, 3.8) is 0 Å². The maximum absolute atomic E-state index is 11.7. The molecule has 0 aromatic carbocycles. The van der Waals surface area contributed by atoms with Crippen molar-refractivity contribution < 1.29 is 14.3 Å². The van der Waals surface area contributed by atoms with E-state index < -0.39 is 6.04 Å². The van der Waals surface area contributed by atoms with E-state index in [1.807, 2.05) is 13.8 Å². The molecule has 6 heteroatoms. The first-order valence-electron chi connectivity index (χ1n) is 6.19. The molecule has 0 saturated heterocycles. The molecule has 0 fully saturated rings. The van der Waals surface area contributed by atoms with Crippen molar-refractivity contribution in [3.8, 4) is 5.88 Å². The lowest BCUT2D eigenvalue weighted by atomic mass is 10.1. The van der Waals surface area contributed by atoms with E-state index in [2.05, 4.69) is 10.3 Å². The molecule has 3 N–H and O–H groups in total. The molecule has 1 aromatic rings. The Morgan fingerprint density at radius 2 is 2.16 bits per heavy atom. The Balaban J connectivity index is 2.50. The molecule has 1 rings (SSSR count). The SMILES string of the molecule is COCCOc1ccc(NC(=O)[C@@H](N)C(C)C)cn1. The third-order valence-electron chi connectivity index (χ3n) is 2.56. The number of nitrogens with zero attached hydrogens (tertiary/aromatic N) is 1. The summed E-state index contributed by atoms with van der Waals surface area (Å²) in [6.07, 6.45) is 1.53. The minimum absolute atomic E-state index is 0.0876. The Labute approximate surface area is 113 Å². The molecule has 6 nitrogen and oxygen atoms in total. The van der Waals surface area contributed by atoms with Crippen molar-refractivity contribution in [2.24, 2.45) is 11.7 Å². The summed E-state index contributed by atoms with van der Waals surface area (Å²) in [5.74, 6) is 0.359. The second-order valence-corrected chi connectivity index (χ2v) is 4.49. The highest BCUT2D eigenvalue weighted by molar-refractivity contribution is 5.94. The van der Waals surface area contributed by atoms with Crippen LogP contribution in [-0.2, 0) is 9.53 Å². The van der Waals surface area contributed by atoms with Crippen molar-refractivity contribution in [3.05, 3.63) is 18.3 Å². The quantitative estimate of drug-likeness (QED) is 0.720. The molecule has 1 atom stereocenters. The number of carbonyl (C=O) groups excluding carboxylic acids is 1. The lowest BCUT2D eigenvalue weighted by molar-refractivity contribution is -0.118. The fourth-order valence-corrected chi connectivity index (χ4v) is 1.30. The molecule has 0 unspecified atom stereocenters. The zero-order valence-corrected chi connectivity index (χ0v) is 11.6. The van der Waals surface area contributed by atoms with Gasteiger partial charge in [0.05, 0.1) is 24.5 Å². The lowest BCUT2D eigenvalue weighted by Crippen LogP contribution is -2.39. The van der Waals surface area contributed by atoms with Crippen LogP contribution < -0.4 is 15.8 Å². The summed E-state index contributed by atoms with van der Waals surface area (Å²) >= 11 is 0. The fraction of sp³-hybridized carbons (Fsp3) is 0.538. The van der Waals surface area contributed by atoms with Gasteiger partial charge >= 0.3 is 0 Å². The molecule has 0 bridgehead atoms. The number of nitrogens with two attached hydrogens (primary N) is 1. The highest BCUT2D eigenvalue weighted by atomic mass is 16.5. The van der Waals surface area contributed by atoms with Gasteiger partial charge in [-0.2, -0.15) is 0 Å². The molecule has 0 aliphatic carbocycles. The van der Waals surface area contributed by atoms with Gasteiger partial charge in [0.25, 0.3) is 0 Å². The first-order valence-corrected chi connectivity index (χ1v) is 6.19. The number of aromatic nitrogens is 1. The first-order chi connectivity index (χ1) is 9.04. The van der Waals surface area contributed by atoms with Crippen LogP contribution in [0.4, 0.5) is 5.69 Å². The van der Waals surface area contributed by atoms with Gasteiger partial charge in [-0.3, -0.25) is 4.79 Å². The number of hydrogen-bond acceptors (Lipinski definition) is 5. The Hall–Kier alpha value is -1.66. The van der Waals surface area contributed by atoms with Gasteiger partial charge in [0.2, 0.25) is 11.8 Å². The van der Waals surface area contributed by atoms with E-state index >= 15 is 0 Å². The van der Waals surface area contributed by atoms with E-state index in [1.165, 1.54) is 6.20 Å². The number of pyridine rings is 1. The summed E-state index contributed by atoms with van der Waals surface area (Å²) in [4.78, 5) is 15.8. The number of rotatable bonds is 7. The van der Waals surface area contributed by atoms with E-state index in [-0.39, 0.29) is 11.8 Å². The molecule has 0 radical (unpaired) electrons. The van der Waals surface area contributed by atoms with Gasteiger partial charge in [-0.15, -0.1) is 0 Å². The van der Waals surface area contributed by atoms with Crippen molar-refractivity contribution in [2.45, 2.75) is 19.9 Å². The van der Waals surface area contributed by atoms with Gasteiger partial charge in [0.1, 0.15) is 6.61 Å². The van der Waals surface area contributed by atoms with Gasteiger partial charge < -0.3 is 20.5 Å². The van der Waals surface area contributed by atoms with Crippen molar-refractivity contribution in [2.75, 3.05) is 25.6 Å². The van der Waals surface area contributed by atoms with Gasteiger partial charge in [-0.05, 0) is 12.0 Å². The Bertz CT molecular complexity index is 393. The highest BCUT2D eigenvalue weighted by Gasteiger charge is 2.17. The first kappa shape index (κ1) is 15.4. The lowest BCUT2D eigenvalue weighted by Gasteiger charge is -2.15. The summed E-state index contributed by atoms with van der Waals surface area (Å²) in [5, 5.41) is 2.71. The summed E-state index contributed by atoms with van der Waals surface area (Å²) in [6, 6.07) is 2.88. The average molecular weight is 267 g/mol. The van der Waals surface area contributed by atoms with E-state index in [4.69, 9.17) is 15.2 Å². The molecule has 0 aliphatic heterocycles. The molecule has 1 heterocycles. The topological polar surface area (TPSA) is 86.5 Å². The third-order valence-corrected chi connectivity index (χ3v) is 2.56. The molecule has 0 aliphatic rings. The molecule has 1 amide bonds. The molecule has 19 heavy (non-hydrogen) atoms. The standard InChI is InChI=1S/C13H21N3O3/c1-9(2)12(14)13(17)16-10-4-5-11(15-8-10)19-7-6-18-3/h4-5,8-9,12H,6-7,14H2,1-3H3,(H,16,17)/t12-/m0/s1. The Morgan fingerprint density at radius 1 is 1.42 bits per heavy atom. The van der Waals surface area contributed by atoms with Gasteiger partial charge in [-0.1, -0.05) is 13.8 Å². The zero-order chi connectivity index (χ0) is 14.3. The number of ether oxygens (including phenoxy) is 2. The van der Waals surface area contributed by atoms with Crippen LogP contribution in [0.5, 0.6) is 5.88 Å². The molecular formula is C13H21N3O3. The van der Waals surface area contributed by atoms with Gasteiger partial charge in [0, 0.05) is 13.2 Å². The van der Waals surface area contributed by atoms with Crippen LogP contribution in [-0.4, -0.2) is 37.3 Å². The van der Waals surface area contributed by atoms with Crippen LogP contribution in [0.3, 0.4) is 0 Å².